The van der Waals surface area contributed by atoms with E-state index in [0.29, 0.717) is 11.1 Å². The van der Waals surface area contributed by atoms with Crippen LogP contribution in [0.15, 0.2) is 55.1 Å². The molecule has 0 saturated carbocycles. The number of halogens is 1. The number of carbonyl (C=O) groups is 1. The molecule has 0 radical (unpaired) electrons. The van der Waals surface area contributed by atoms with E-state index in [4.69, 9.17) is 5.26 Å². The van der Waals surface area contributed by atoms with Gasteiger partial charge < -0.3 is 4.74 Å². The Morgan fingerprint density at radius 3 is 2.42 bits per heavy atom. The van der Waals surface area contributed by atoms with Crippen LogP contribution in [0.3, 0.4) is 0 Å². The number of allylic oxidation sites excluding steroid dienone is 3. The normalized spacial score (nSPS) is 10.5. The summed E-state index contributed by atoms with van der Waals surface area (Å²) in [4.78, 5) is 10.7. The zero-order valence-electron chi connectivity index (χ0n) is 10.4. The van der Waals surface area contributed by atoms with Gasteiger partial charge in [-0.3, -0.25) is 4.79 Å². The van der Waals surface area contributed by atoms with Crippen molar-refractivity contribution in [1.29, 1.82) is 5.26 Å². The lowest BCUT2D eigenvalue weighted by Gasteiger charge is -2.05. The summed E-state index contributed by atoms with van der Waals surface area (Å²) in [5, 5.41) is 8.66. The van der Waals surface area contributed by atoms with Crippen LogP contribution in [0.2, 0.25) is 0 Å². The van der Waals surface area contributed by atoms with Gasteiger partial charge >= 0.3 is 5.97 Å². The molecule has 0 atom stereocenters. The highest BCUT2D eigenvalue weighted by Crippen LogP contribution is 2.23. The van der Waals surface area contributed by atoms with Crippen LogP contribution >= 0.6 is 0 Å². The molecule has 0 fully saturated rings. The van der Waals surface area contributed by atoms with Crippen LogP contribution in [-0.2, 0) is 9.53 Å². The first-order valence-electron chi connectivity index (χ1n) is 5.38. The monoisotopic (exact) mass is 257 g/mol. The SMILES string of the molecule is C=C(/C=C(/F)C(=C)c1ccc(C#N)cc1)OC(C)=O. The largest absolute Gasteiger partial charge is 0.427 e. The van der Waals surface area contributed by atoms with E-state index in [1.807, 2.05) is 6.07 Å². The van der Waals surface area contributed by atoms with E-state index in [0.717, 1.165) is 6.08 Å². The average Bonchev–Trinajstić information content (AvgIpc) is 2.36. The maximum atomic E-state index is 13.8. The lowest BCUT2D eigenvalue weighted by Crippen LogP contribution is -1.96. The van der Waals surface area contributed by atoms with Gasteiger partial charge in [0.2, 0.25) is 0 Å². The first-order chi connectivity index (χ1) is 8.93. The van der Waals surface area contributed by atoms with Crippen molar-refractivity contribution in [2.24, 2.45) is 0 Å². The predicted molar refractivity (Wildman–Crippen MR) is 70.3 cm³/mol. The van der Waals surface area contributed by atoms with Gasteiger partial charge in [-0.15, -0.1) is 0 Å². The Bertz CT molecular complexity index is 592. The van der Waals surface area contributed by atoms with Crippen LogP contribution in [0.5, 0.6) is 0 Å². The highest BCUT2D eigenvalue weighted by atomic mass is 19.1. The summed E-state index contributed by atoms with van der Waals surface area (Å²) in [6.45, 7) is 8.20. The molecule has 0 heterocycles. The molecule has 1 aromatic carbocycles. The highest BCUT2D eigenvalue weighted by molar-refractivity contribution is 5.76. The Morgan fingerprint density at radius 2 is 1.95 bits per heavy atom. The highest BCUT2D eigenvalue weighted by Gasteiger charge is 2.07. The van der Waals surface area contributed by atoms with Gasteiger partial charge in [-0.05, 0) is 17.7 Å². The fraction of sp³-hybridized carbons (Fsp3) is 0.0667. The van der Waals surface area contributed by atoms with Crippen LogP contribution in [0.25, 0.3) is 5.57 Å². The van der Waals surface area contributed by atoms with E-state index >= 15 is 0 Å². The summed E-state index contributed by atoms with van der Waals surface area (Å²) >= 11 is 0. The molecule has 0 spiro atoms. The van der Waals surface area contributed by atoms with Crippen molar-refractivity contribution >= 4 is 11.5 Å². The molecule has 0 N–H and O–H groups in total. The van der Waals surface area contributed by atoms with Crippen molar-refractivity contribution in [2.75, 3.05) is 0 Å². The first-order valence-corrected chi connectivity index (χ1v) is 5.38. The molecule has 1 aromatic rings. The van der Waals surface area contributed by atoms with Crippen molar-refractivity contribution in [3.63, 3.8) is 0 Å². The van der Waals surface area contributed by atoms with Crippen LogP contribution < -0.4 is 0 Å². The number of rotatable bonds is 4. The Hall–Kier alpha value is -2.67. The number of esters is 1. The summed E-state index contributed by atoms with van der Waals surface area (Å²) in [6, 6.07) is 8.27. The van der Waals surface area contributed by atoms with Crippen molar-refractivity contribution in [3.05, 3.63) is 66.2 Å². The number of benzene rings is 1. The third-order valence-corrected chi connectivity index (χ3v) is 2.21. The van der Waals surface area contributed by atoms with E-state index in [9.17, 15) is 9.18 Å². The van der Waals surface area contributed by atoms with Gasteiger partial charge in [0.15, 0.2) is 0 Å². The number of ether oxygens (including phenoxy) is 1. The summed E-state index contributed by atoms with van der Waals surface area (Å²) in [5.41, 5.74) is 1.13. The van der Waals surface area contributed by atoms with Crippen LogP contribution in [0.4, 0.5) is 4.39 Å². The molecule has 0 unspecified atom stereocenters. The Balaban J connectivity index is 2.87. The third kappa shape index (κ3) is 4.25. The summed E-state index contributed by atoms with van der Waals surface area (Å²) in [7, 11) is 0. The van der Waals surface area contributed by atoms with Crippen LogP contribution in [0, 0.1) is 11.3 Å². The Kier molecular flexibility index (Phi) is 4.78. The number of hydrogen-bond donors (Lipinski definition) is 0. The molecule has 0 saturated heterocycles. The quantitative estimate of drug-likeness (QED) is 0.471. The molecular weight excluding hydrogens is 245 g/mol. The molecule has 4 heteroatoms. The van der Waals surface area contributed by atoms with Gasteiger partial charge in [-0.2, -0.15) is 5.26 Å². The second kappa shape index (κ2) is 6.31. The maximum absolute atomic E-state index is 13.8. The lowest BCUT2D eigenvalue weighted by atomic mass is 10.0. The Labute approximate surface area is 110 Å². The minimum atomic E-state index is -0.657. The molecule has 0 aromatic heterocycles. The lowest BCUT2D eigenvalue weighted by molar-refractivity contribution is -0.136. The maximum Gasteiger partial charge on any atom is 0.308 e. The topological polar surface area (TPSA) is 50.1 Å². The fourth-order valence-corrected chi connectivity index (χ4v) is 1.33. The van der Waals surface area contributed by atoms with Crippen molar-refractivity contribution in [2.45, 2.75) is 6.92 Å². The fourth-order valence-electron chi connectivity index (χ4n) is 1.33. The van der Waals surface area contributed by atoms with Crippen molar-refractivity contribution in [1.82, 2.24) is 0 Å². The zero-order chi connectivity index (χ0) is 14.4. The van der Waals surface area contributed by atoms with E-state index in [1.54, 1.807) is 24.3 Å². The molecule has 0 aliphatic rings. The second-order valence-corrected chi connectivity index (χ2v) is 3.72. The van der Waals surface area contributed by atoms with Gasteiger partial charge in [-0.1, -0.05) is 25.3 Å². The Morgan fingerprint density at radius 1 is 1.37 bits per heavy atom. The van der Waals surface area contributed by atoms with Gasteiger partial charge in [0.25, 0.3) is 0 Å². The molecule has 1 rings (SSSR count). The second-order valence-electron chi connectivity index (χ2n) is 3.72. The minimum Gasteiger partial charge on any atom is -0.427 e. The van der Waals surface area contributed by atoms with Crippen LogP contribution in [0.1, 0.15) is 18.1 Å². The molecule has 3 nitrogen and oxygen atoms in total. The average molecular weight is 257 g/mol. The smallest absolute Gasteiger partial charge is 0.308 e. The van der Waals surface area contributed by atoms with E-state index in [1.165, 1.54) is 6.92 Å². The van der Waals surface area contributed by atoms with E-state index in [2.05, 4.69) is 17.9 Å². The van der Waals surface area contributed by atoms with Crippen LogP contribution in [-0.4, -0.2) is 5.97 Å². The van der Waals surface area contributed by atoms with Crippen molar-refractivity contribution < 1.29 is 13.9 Å². The third-order valence-electron chi connectivity index (χ3n) is 2.21. The van der Waals surface area contributed by atoms with Gasteiger partial charge in [0, 0.05) is 18.6 Å². The molecule has 19 heavy (non-hydrogen) atoms. The summed E-state index contributed by atoms with van der Waals surface area (Å²) in [6.07, 6.45) is 0.988. The summed E-state index contributed by atoms with van der Waals surface area (Å²) in [5.74, 6) is -1.33. The zero-order valence-corrected chi connectivity index (χ0v) is 10.4. The van der Waals surface area contributed by atoms with Gasteiger partial charge in [-0.25, -0.2) is 4.39 Å². The molecule has 0 aliphatic carbocycles. The number of carbonyl (C=O) groups excluding carboxylic acids is 1. The molecule has 0 bridgehead atoms. The molecule has 0 amide bonds. The first kappa shape index (κ1) is 14.4. The molecular formula is C15H12FNO2. The molecule has 96 valence electrons. The summed E-state index contributed by atoms with van der Waals surface area (Å²) < 4.78 is 18.4. The van der Waals surface area contributed by atoms with E-state index < -0.39 is 11.8 Å². The predicted octanol–water partition coefficient (Wildman–Crippen LogP) is 3.50. The minimum absolute atomic E-state index is 0.0974. The number of nitriles is 1. The number of nitrogens with zero attached hydrogens (tertiary/aromatic N) is 1. The van der Waals surface area contributed by atoms with Crippen molar-refractivity contribution in [3.8, 4) is 6.07 Å². The standard InChI is InChI=1S/C15H12FNO2/c1-10(19-12(3)18)8-15(16)11(2)14-6-4-13(9-17)5-7-14/h4-8H,1-2H2,3H3/b15-8+. The number of hydrogen-bond acceptors (Lipinski definition) is 3. The van der Waals surface area contributed by atoms with E-state index in [-0.39, 0.29) is 11.3 Å². The van der Waals surface area contributed by atoms with Gasteiger partial charge in [0.05, 0.1) is 11.6 Å². The van der Waals surface area contributed by atoms with Gasteiger partial charge in [0.1, 0.15) is 11.6 Å². The molecule has 0 aliphatic heterocycles.